The van der Waals surface area contributed by atoms with E-state index in [2.05, 4.69) is 13.8 Å². The molecule has 1 rings (SSSR count). The van der Waals surface area contributed by atoms with Gasteiger partial charge >= 0.3 is 0 Å². The third-order valence-corrected chi connectivity index (χ3v) is 2.64. The lowest BCUT2D eigenvalue weighted by molar-refractivity contribution is 0.108. The summed E-state index contributed by atoms with van der Waals surface area (Å²) in [5.74, 6) is 0.589. The monoisotopic (exact) mass is 208 g/mol. The largest absolute Gasteiger partial charge is 0.282 e. The molecule has 0 fully saturated rings. The van der Waals surface area contributed by atoms with Gasteiger partial charge in [0.25, 0.3) is 0 Å². The molecule has 0 bridgehead atoms. The second kappa shape index (κ2) is 5.20. The van der Waals surface area contributed by atoms with Crippen molar-refractivity contribution < 1.29 is 4.79 Å². The van der Waals surface area contributed by atoms with E-state index in [4.69, 9.17) is 0 Å². The lowest BCUT2D eigenvalue weighted by atomic mass is 9.99. The van der Waals surface area contributed by atoms with Crippen LogP contribution in [0.1, 0.15) is 29.8 Å². The average molecular weight is 208 g/mol. The van der Waals surface area contributed by atoms with Crippen molar-refractivity contribution >= 4 is 16.9 Å². The number of benzene rings is 1. The standard InChI is InChI=1S/C12H16OS/c1-9(2)8-10-6-4-5-7-11(10)12(13)14-3/h4-7,9H,8H2,1-3H3. The van der Waals surface area contributed by atoms with Crippen LogP contribution >= 0.6 is 11.8 Å². The number of rotatable bonds is 3. The number of hydrogen-bond acceptors (Lipinski definition) is 2. The molecular formula is C12H16OS. The van der Waals surface area contributed by atoms with Crippen molar-refractivity contribution in [1.82, 2.24) is 0 Å². The topological polar surface area (TPSA) is 17.1 Å². The van der Waals surface area contributed by atoms with Crippen molar-refractivity contribution in [2.75, 3.05) is 6.26 Å². The van der Waals surface area contributed by atoms with Gasteiger partial charge in [0.1, 0.15) is 0 Å². The second-order valence-corrected chi connectivity index (χ2v) is 4.53. The number of carbonyl (C=O) groups is 1. The smallest absolute Gasteiger partial charge is 0.219 e. The van der Waals surface area contributed by atoms with E-state index in [1.165, 1.54) is 17.3 Å². The maximum Gasteiger partial charge on any atom is 0.219 e. The lowest BCUT2D eigenvalue weighted by Gasteiger charge is -2.09. The minimum atomic E-state index is 0.168. The Bertz CT molecular complexity index is 318. The van der Waals surface area contributed by atoms with Gasteiger partial charge < -0.3 is 0 Å². The number of hydrogen-bond donors (Lipinski definition) is 0. The van der Waals surface area contributed by atoms with Crippen molar-refractivity contribution in [3.8, 4) is 0 Å². The SMILES string of the molecule is CSC(=O)c1ccccc1CC(C)C. The maximum atomic E-state index is 11.6. The van der Waals surface area contributed by atoms with Gasteiger partial charge in [-0.15, -0.1) is 0 Å². The zero-order valence-electron chi connectivity index (χ0n) is 8.91. The van der Waals surface area contributed by atoms with Gasteiger partial charge in [0.15, 0.2) is 0 Å². The first-order valence-electron chi connectivity index (χ1n) is 4.81. The molecule has 0 heterocycles. The highest BCUT2D eigenvalue weighted by atomic mass is 32.2. The summed E-state index contributed by atoms with van der Waals surface area (Å²) >= 11 is 1.28. The normalized spacial score (nSPS) is 10.6. The van der Waals surface area contributed by atoms with Gasteiger partial charge in [0.05, 0.1) is 0 Å². The molecule has 1 aromatic carbocycles. The number of thioether (sulfide) groups is 1. The zero-order chi connectivity index (χ0) is 10.6. The van der Waals surface area contributed by atoms with E-state index in [1.54, 1.807) is 0 Å². The third-order valence-electron chi connectivity index (χ3n) is 2.05. The Balaban J connectivity index is 2.97. The first-order chi connectivity index (χ1) is 6.65. The molecule has 0 aromatic heterocycles. The van der Waals surface area contributed by atoms with Crippen LogP contribution in [-0.4, -0.2) is 11.4 Å². The van der Waals surface area contributed by atoms with Gasteiger partial charge in [-0.25, -0.2) is 0 Å². The quantitative estimate of drug-likeness (QED) is 0.757. The van der Waals surface area contributed by atoms with Gasteiger partial charge in [-0.05, 0) is 24.2 Å². The van der Waals surface area contributed by atoms with E-state index in [1.807, 2.05) is 30.5 Å². The molecule has 0 N–H and O–H groups in total. The van der Waals surface area contributed by atoms with Crippen LogP contribution in [0, 0.1) is 5.92 Å². The highest BCUT2D eigenvalue weighted by molar-refractivity contribution is 8.13. The molecule has 0 saturated heterocycles. The van der Waals surface area contributed by atoms with Gasteiger partial charge in [-0.3, -0.25) is 4.79 Å². The zero-order valence-corrected chi connectivity index (χ0v) is 9.73. The first-order valence-corrected chi connectivity index (χ1v) is 6.04. The fraction of sp³-hybridized carbons (Fsp3) is 0.417. The van der Waals surface area contributed by atoms with Gasteiger partial charge in [-0.2, -0.15) is 0 Å². The Morgan fingerprint density at radius 3 is 2.57 bits per heavy atom. The highest BCUT2D eigenvalue weighted by Gasteiger charge is 2.10. The molecule has 2 heteroatoms. The van der Waals surface area contributed by atoms with Crippen molar-refractivity contribution in [1.29, 1.82) is 0 Å². The predicted octanol–water partition coefficient (Wildman–Crippen LogP) is 3.39. The van der Waals surface area contributed by atoms with Gasteiger partial charge in [0.2, 0.25) is 5.12 Å². The van der Waals surface area contributed by atoms with Gasteiger partial charge in [0, 0.05) is 5.56 Å². The molecule has 0 radical (unpaired) electrons. The van der Waals surface area contributed by atoms with E-state index in [0.717, 1.165) is 12.0 Å². The molecule has 1 nitrogen and oxygen atoms in total. The molecule has 0 aliphatic heterocycles. The Labute approximate surface area is 89.9 Å². The van der Waals surface area contributed by atoms with Crippen molar-refractivity contribution in [3.05, 3.63) is 35.4 Å². The van der Waals surface area contributed by atoms with Crippen LogP contribution in [0.5, 0.6) is 0 Å². The molecule has 0 atom stereocenters. The number of carbonyl (C=O) groups excluding carboxylic acids is 1. The van der Waals surface area contributed by atoms with E-state index < -0.39 is 0 Å². The van der Waals surface area contributed by atoms with Crippen molar-refractivity contribution in [2.24, 2.45) is 5.92 Å². The first kappa shape index (κ1) is 11.3. The molecular weight excluding hydrogens is 192 g/mol. The predicted molar refractivity (Wildman–Crippen MR) is 62.8 cm³/mol. The Kier molecular flexibility index (Phi) is 4.21. The minimum absolute atomic E-state index is 0.168. The summed E-state index contributed by atoms with van der Waals surface area (Å²) in [6, 6.07) is 7.88. The van der Waals surface area contributed by atoms with Gasteiger partial charge in [-0.1, -0.05) is 49.9 Å². The summed E-state index contributed by atoms with van der Waals surface area (Å²) in [5.41, 5.74) is 2.04. The molecule has 0 spiro atoms. The summed E-state index contributed by atoms with van der Waals surface area (Å²) in [6.45, 7) is 4.33. The molecule has 14 heavy (non-hydrogen) atoms. The Morgan fingerprint density at radius 2 is 2.00 bits per heavy atom. The molecule has 76 valence electrons. The van der Waals surface area contributed by atoms with E-state index in [0.29, 0.717) is 5.92 Å². The van der Waals surface area contributed by atoms with Crippen LogP contribution in [0.25, 0.3) is 0 Å². The fourth-order valence-corrected chi connectivity index (χ4v) is 1.87. The summed E-state index contributed by atoms with van der Waals surface area (Å²) in [5, 5.41) is 0.168. The van der Waals surface area contributed by atoms with Crippen LogP contribution in [0.4, 0.5) is 0 Å². The Hall–Kier alpha value is -0.760. The fourth-order valence-electron chi connectivity index (χ4n) is 1.45. The molecule has 0 aliphatic rings. The molecule has 1 aromatic rings. The molecule has 0 amide bonds. The maximum absolute atomic E-state index is 11.6. The molecule has 0 unspecified atom stereocenters. The molecule has 0 saturated carbocycles. The highest BCUT2D eigenvalue weighted by Crippen LogP contribution is 2.17. The Morgan fingerprint density at radius 1 is 1.36 bits per heavy atom. The average Bonchev–Trinajstić information content (AvgIpc) is 2.16. The van der Waals surface area contributed by atoms with Crippen LogP contribution < -0.4 is 0 Å². The summed E-state index contributed by atoms with van der Waals surface area (Å²) in [4.78, 5) is 11.6. The van der Waals surface area contributed by atoms with E-state index in [9.17, 15) is 4.79 Å². The summed E-state index contributed by atoms with van der Waals surface area (Å²) < 4.78 is 0. The van der Waals surface area contributed by atoms with Crippen LogP contribution in [-0.2, 0) is 6.42 Å². The lowest BCUT2D eigenvalue weighted by Crippen LogP contribution is -2.02. The van der Waals surface area contributed by atoms with E-state index in [-0.39, 0.29) is 5.12 Å². The molecule has 0 aliphatic carbocycles. The van der Waals surface area contributed by atoms with Crippen molar-refractivity contribution in [3.63, 3.8) is 0 Å². The van der Waals surface area contributed by atoms with Crippen molar-refractivity contribution in [2.45, 2.75) is 20.3 Å². The summed E-state index contributed by atoms with van der Waals surface area (Å²) in [6.07, 6.45) is 2.80. The third kappa shape index (κ3) is 2.88. The summed E-state index contributed by atoms with van der Waals surface area (Å²) in [7, 11) is 0. The minimum Gasteiger partial charge on any atom is -0.282 e. The van der Waals surface area contributed by atoms with E-state index >= 15 is 0 Å². The van der Waals surface area contributed by atoms with Crippen LogP contribution in [0.3, 0.4) is 0 Å². The van der Waals surface area contributed by atoms with Crippen LogP contribution in [0.15, 0.2) is 24.3 Å². The van der Waals surface area contributed by atoms with Crippen LogP contribution in [0.2, 0.25) is 0 Å². The second-order valence-electron chi connectivity index (χ2n) is 3.75.